The van der Waals surface area contributed by atoms with Crippen LogP contribution in [0.2, 0.25) is 0 Å². The highest BCUT2D eigenvalue weighted by Crippen LogP contribution is 2.42. The minimum absolute atomic E-state index is 0.173. The van der Waals surface area contributed by atoms with Crippen molar-refractivity contribution in [2.75, 3.05) is 11.9 Å². The molecule has 0 amide bonds. The second kappa shape index (κ2) is 8.56. The second-order valence-corrected chi connectivity index (χ2v) is 8.95. The van der Waals surface area contributed by atoms with Crippen molar-refractivity contribution in [2.45, 2.75) is 18.6 Å². The zero-order chi connectivity index (χ0) is 20.5. The third-order valence-corrected chi connectivity index (χ3v) is 6.76. The Kier molecular flexibility index (Phi) is 6.53. The van der Waals surface area contributed by atoms with Crippen LogP contribution in [0.3, 0.4) is 0 Å². The molecule has 4 nitrogen and oxygen atoms in total. The fraction of sp³-hybridized carbons (Fsp3) is 0.278. The van der Waals surface area contributed by atoms with Crippen LogP contribution in [0, 0.1) is 0 Å². The minimum atomic E-state index is -4.39. The van der Waals surface area contributed by atoms with Crippen molar-refractivity contribution in [2.24, 2.45) is 12.8 Å². The van der Waals surface area contributed by atoms with E-state index < -0.39 is 11.7 Å². The molecule has 0 fully saturated rings. The monoisotopic (exact) mass is 536 g/mol. The Bertz CT molecular complexity index is 949. The molecule has 28 heavy (non-hydrogen) atoms. The van der Waals surface area contributed by atoms with Crippen LogP contribution in [0.25, 0.3) is 10.6 Å². The van der Waals surface area contributed by atoms with Gasteiger partial charge in [-0.3, -0.25) is 4.68 Å². The van der Waals surface area contributed by atoms with Gasteiger partial charge in [0, 0.05) is 24.1 Å². The summed E-state index contributed by atoms with van der Waals surface area (Å²) in [6.07, 6.45) is -2.50. The SMILES string of the molecule is Cn1ncc(Br)c1-c1sc(N[C@H](CN)Cc2ccccc2C(F)(F)F)cc1Br. The molecule has 2 heterocycles. The Labute approximate surface area is 181 Å². The zero-order valence-corrected chi connectivity index (χ0v) is 18.7. The molecule has 0 bridgehead atoms. The summed E-state index contributed by atoms with van der Waals surface area (Å²) < 4.78 is 43.2. The topological polar surface area (TPSA) is 55.9 Å². The average Bonchev–Trinajstić information content (AvgIpc) is 3.15. The summed E-state index contributed by atoms with van der Waals surface area (Å²) in [4.78, 5) is 0.959. The summed E-state index contributed by atoms with van der Waals surface area (Å²) in [6, 6.07) is 7.16. The molecule has 0 aliphatic heterocycles. The fourth-order valence-electron chi connectivity index (χ4n) is 2.90. The van der Waals surface area contributed by atoms with E-state index in [4.69, 9.17) is 5.73 Å². The molecule has 1 aromatic carbocycles. The molecular formula is C18H17Br2F3N4S. The number of rotatable bonds is 6. The van der Waals surface area contributed by atoms with Gasteiger partial charge in [-0.15, -0.1) is 11.3 Å². The average molecular weight is 538 g/mol. The quantitative estimate of drug-likeness (QED) is 0.425. The third-order valence-electron chi connectivity index (χ3n) is 4.22. The van der Waals surface area contributed by atoms with E-state index in [1.807, 2.05) is 13.1 Å². The van der Waals surface area contributed by atoms with Crippen LogP contribution in [0.1, 0.15) is 11.1 Å². The zero-order valence-electron chi connectivity index (χ0n) is 14.7. The van der Waals surface area contributed by atoms with Crippen LogP contribution in [0.15, 0.2) is 45.5 Å². The van der Waals surface area contributed by atoms with Gasteiger partial charge in [-0.05, 0) is 56.0 Å². The number of thiophene rings is 1. The van der Waals surface area contributed by atoms with Crippen molar-refractivity contribution in [1.29, 1.82) is 0 Å². The predicted molar refractivity (Wildman–Crippen MR) is 114 cm³/mol. The van der Waals surface area contributed by atoms with E-state index in [0.717, 1.165) is 30.6 Å². The number of alkyl halides is 3. The predicted octanol–water partition coefficient (Wildman–Crippen LogP) is 5.67. The molecule has 150 valence electrons. The number of hydrogen-bond donors (Lipinski definition) is 2. The van der Waals surface area contributed by atoms with Gasteiger partial charge in [-0.2, -0.15) is 18.3 Å². The van der Waals surface area contributed by atoms with E-state index in [1.54, 1.807) is 16.9 Å². The van der Waals surface area contributed by atoms with Crippen molar-refractivity contribution < 1.29 is 13.2 Å². The number of hydrogen-bond acceptors (Lipinski definition) is 4. The molecule has 0 radical (unpaired) electrons. The number of anilines is 1. The number of aromatic nitrogens is 2. The van der Waals surface area contributed by atoms with Crippen molar-refractivity contribution in [3.05, 3.63) is 56.6 Å². The Morgan fingerprint density at radius 2 is 1.96 bits per heavy atom. The van der Waals surface area contributed by atoms with Gasteiger partial charge in [0.25, 0.3) is 0 Å². The summed E-state index contributed by atoms with van der Waals surface area (Å²) in [5, 5.41) is 8.30. The van der Waals surface area contributed by atoms with Crippen LogP contribution in [0.5, 0.6) is 0 Å². The number of nitrogens with one attached hydrogen (secondary N) is 1. The second-order valence-electron chi connectivity index (χ2n) is 6.19. The number of nitrogens with two attached hydrogens (primary N) is 1. The van der Waals surface area contributed by atoms with Crippen LogP contribution >= 0.6 is 43.2 Å². The Morgan fingerprint density at radius 1 is 1.25 bits per heavy atom. The molecule has 2 aromatic heterocycles. The smallest absolute Gasteiger partial charge is 0.373 e. The fourth-order valence-corrected chi connectivity index (χ4v) is 5.51. The van der Waals surface area contributed by atoms with Crippen LogP contribution in [0.4, 0.5) is 18.2 Å². The Morgan fingerprint density at radius 3 is 2.57 bits per heavy atom. The lowest BCUT2D eigenvalue weighted by molar-refractivity contribution is -0.138. The first-order valence-corrected chi connectivity index (χ1v) is 10.7. The van der Waals surface area contributed by atoms with Crippen molar-refractivity contribution in [1.82, 2.24) is 9.78 Å². The van der Waals surface area contributed by atoms with Crippen LogP contribution in [-0.4, -0.2) is 22.4 Å². The molecule has 0 saturated heterocycles. The number of nitrogens with zero attached hydrogens (tertiary/aromatic N) is 2. The van der Waals surface area contributed by atoms with Gasteiger partial charge < -0.3 is 11.1 Å². The van der Waals surface area contributed by atoms with Gasteiger partial charge in [-0.1, -0.05) is 18.2 Å². The van der Waals surface area contributed by atoms with Gasteiger partial charge in [0.1, 0.15) is 0 Å². The van der Waals surface area contributed by atoms with E-state index >= 15 is 0 Å². The summed E-state index contributed by atoms with van der Waals surface area (Å²) in [7, 11) is 1.84. The summed E-state index contributed by atoms with van der Waals surface area (Å²) in [6.45, 7) is 0.201. The highest BCUT2D eigenvalue weighted by atomic mass is 79.9. The molecule has 0 saturated carbocycles. The van der Waals surface area contributed by atoms with Crippen molar-refractivity contribution >= 4 is 48.2 Å². The summed E-state index contributed by atoms with van der Waals surface area (Å²) >= 11 is 8.52. The molecule has 3 aromatic rings. The standard InChI is InChI=1S/C18H17Br2F3N4S/c1-27-16(14(20)9-25-27)17-13(19)7-15(28-17)26-11(8-24)6-10-4-2-3-5-12(10)18(21,22)23/h2-5,7,9,11,26H,6,8,24H2,1H3/t11-/m0/s1. The van der Waals surface area contributed by atoms with Crippen molar-refractivity contribution in [3.63, 3.8) is 0 Å². The van der Waals surface area contributed by atoms with E-state index in [0.29, 0.717) is 0 Å². The minimum Gasteiger partial charge on any atom is -0.373 e. The number of aryl methyl sites for hydroxylation is 1. The molecule has 3 rings (SSSR count). The lowest BCUT2D eigenvalue weighted by Crippen LogP contribution is -2.31. The first-order chi connectivity index (χ1) is 13.2. The van der Waals surface area contributed by atoms with E-state index in [9.17, 15) is 13.2 Å². The van der Waals surface area contributed by atoms with Crippen molar-refractivity contribution in [3.8, 4) is 10.6 Å². The summed E-state index contributed by atoms with van der Waals surface area (Å²) in [5.74, 6) is 0. The molecule has 0 spiro atoms. The van der Waals surface area contributed by atoms with Crippen LogP contribution in [-0.2, 0) is 19.6 Å². The van der Waals surface area contributed by atoms with Gasteiger partial charge in [0.2, 0.25) is 0 Å². The van der Waals surface area contributed by atoms with Gasteiger partial charge in [0.15, 0.2) is 0 Å². The molecule has 3 N–H and O–H groups in total. The maximum atomic E-state index is 13.3. The normalized spacial score (nSPS) is 13.0. The Hall–Kier alpha value is -1.36. The van der Waals surface area contributed by atoms with Gasteiger partial charge in [-0.25, -0.2) is 0 Å². The molecule has 0 aliphatic rings. The van der Waals surface area contributed by atoms with Crippen LogP contribution < -0.4 is 11.1 Å². The molecular weight excluding hydrogens is 521 g/mol. The lowest BCUT2D eigenvalue weighted by Gasteiger charge is -2.19. The van der Waals surface area contributed by atoms with Gasteiger partial charge >= 0.3 is 6.18 Å². The molecule has 1 atom stereocenters. The maximum absolute atomic E-state index is 13.3. The Balaban J connectivity index is 1.83. The highest BCUT2D eigenvalue weighted by molar-refractivity contribution is 9.11. The number of benzene rings is 1. The first kappa shape index (κ1) is 21.4. The van der Waals surface area contributed by atoms with E-state index in [2.05, 4.69) is 42.3 Å². The van der Waals surface area contributed by atoms with Gasteiger partial charge in [0.05, 0.1) is 31.8 Å². The first-order valence-electron chi connectivity index (χ1n) is 8.29. The third kappa shape index (κ3) is 4.61. The largest absolute Gasteiger partial charge is 0.416 e. The summed E-state index contributed by atoms with van der Waals surface area (Å²) in [5.41, 5.74) is 6.36. The highest BCUT2D eigenvalue weighted by Gasteiger charge is 2.33. The number of halogens is 5. The van der Waals surface area contributed by atoms with E-state index in [1.165, 1.54) is 23.5 Å². The molecule has 0 aliphatic carbocycles. The molecule has 0 unspecified atom stereocenters. The molecule has 10 heteroatoms. The van der Waals surface area contributed by atoms with E-state index in [-0.39, 0.29) is 24.6 Å². The maximum Gasteiger partial charge on any atom is 0.416 e. The lowest BCUT2D eigenvalue weighted by atomic mass is 10.00.